The van der Waals surface area contributed by atoms with Gasteiger partial charge in [0.2, 0.25) is 0 Å². The summed E-state index contributed by atoms with van der Waals surface area (Å²) in [6, 6.07) is 2.17. The van der Waals surface area contributed by atoms with E-state index in [-0.39, 0.29) is 5.38 Å². The molecule has 1 aromatic rings. The Hall–Kier alpha value is 0.470. The van der Waals surface area contributed by atoms with Crippen LogP contribution in [0.3, 0.4) is 0 Å². The second kappa shape index (κ2) is 5.20. The topological polar surface area (TPSA) is 0 Å². The van der Waals surface area contributed by atoms with Crippen molar-refractivity contribution in [3.8, 4) is 0 Å². The Morgan fingerprint density at radius 3 is 2.73 bits per heavy atom. The molecule has 1 saturated carbocycles. The molecule has 1 aliphatic rings. The first-order valence-electron chi connectivity index (χ1n) is 5.56. The van der Waals surface area contributed by atoms with Crippen molar-refractivity contribution in [2.45, 2.75) is 44.4 Å². The maximum Gasteiger partial charge on any atom is 0.0692 e. The summed E-state index contributed by atoms with van der Waals surface area (Å²) in [5.41, 5.74) is 0. The van der Waals surface area contributed by atoms with Crippen molar-refractivity contribution >= 4 is 38.9 Å². The van der Waals surface area contributed by atoms with Gasteiger partial charge >= 0.3 is 0 Å². The van der Waals surface area contributed by atoms with Crippen molar-refractivity contribution in [1.29, 1.82) is 0 Å². The minimum absolute atomic E-state index is 0.209. The monoisotopic (exact) mass is 306 g/mol. The summed E-state index contributed by atoms with van der Waals surface area (Å²) < 4.78 is 1.20. The predicted octanol–water partition coefficient (Wildman–Crippen LogP) is 5.68. The highest BCUT2D eigenvalue weighted by molar-refractivity contribution is 9.10. The molecule has 0 N–H and O–H groups in total. The summed E-state index contributed by atoms with van der Waals surface area (Å²) in [6.07, 6.45) is 6.72. The largest absolute Gasteiger partial charge is 0.143 e. The van der Waals surface area contributed by atoms with Crippen LogP contribution in [0.2, 0.25) is 0 Å². The van der Waals surface area contributed by atoms with E-state index in [0.717, 1.165) is 12.3 Å². The summed E-state index contributed by atoms with van der Waals surface area (Å²) in [6.45, 7) is 2.14. The molecule has 0 spiro atoms. The van der Waals surface area contributed by atoms with Crippen LogP contribution in [0.15, 0.2) is 10.5 Å². The number of aryl methyl sites for hydroxylation is 1. The third kappa shape index (κ3) is 2.98. The minimum atomic E-state index is 0.209. The average Bonchev–Trinajstić information content (AvgIpc) is 2.75. The van der Waals surface area contributed by atoms with Crippen LogP contribution >= 0.6 is 38.9 Å². The van der Waals surface area contributed by atoms with Gasteiger partial charge in [0.05, 0.1) is 5.38 Å². The predicted molar refractivity (Wildman–Crippen MR) is 71.9 cm³/mol. The fraction of sp³-hybridized carbons (Fsp3) is 0.667. The van der Waals surface area contributed by atoms with Crippen LogP contribution in [0.4, 0.5) is 0 Å². The Morgan fingerprint density at radius 1 is 1.53 bits per heavy atom. The van der Waals surface area contributed by atoms with Crippen molar-refractivity contribution in [3.63, 3.8) is 0 Å². The number of halogens is 2. The molecular formula is C12H16BrClS. The van der Waals surface area contributed by atoms with Crippen molar-refractivity contribution in [3.05, 3.63) is 20.3 Å². The first kappa shape index (κ1) is 11.9. The molecule has 1 aromatic heterocycles. The summed E-state index contributed by atoms with van der Waals surface area (Å²) in [4.78, 5) is 2.66. The van der Waals surface area contributed by atoms with Crippen LogP contribution in [0.25, 0.3) is 0 Å². The molecule has 0 aromatic carbocycles. The summed E-state index contributed by atoms with van der Waals surface area (Å²) in [5, 5.41) is 0.209. The third-order valence-corrected chi connectivity index (χ3v) is 5.74. The van der Waals surface area contributed by atoms with Crippen LogP contribution in [0.1, 0.15) is 47.2 Å². The molecule has 1 unspecified atom stereocenters. The molecule has 0 amide bonds. The second-order valence-corrected chi connectivity index (χ2v) is 7.09. The average molecular weight is 308 g/mol. The highest BCUT2D eigenvalue weighted by atomic mass is 79.9. The third-order valence-electron chi connectivity index (χ3n) is 3.14. The Kier molecular flexibility index (Phi) is 4.14. The zero-order chi connectivity index (χ0) is 10.8. The Balaban J connectivity index is 2.00. The Morgan fingerprint density at radius 2 is 2.20 bits per heavy atom. The van der Waals surface area contributed by atoms with Gasteiger partial charge in [0.1, 0.15) is 0 Å². The van der Waals surface area contributed by atoms with E-state index in [1.165, 1.54) is 39.9 Å². The Labute approximate surface area is 109 Å². The highest BCUT2D eigenvalue weighted by Crippen LogP contribution is 2.41. The standard InChI is InChI=1S/C12H16BrClS/c1-8-6-10(13)12(15-8)11(14)7-9-4-2-3-5-9/h6,9,11H,2-5,7H2,1H3. The summed E-state index contributed by atoms with van der Waals surface area (Å²) in [5.74, 6) is 0.863. The number of hydrogen-bond donors (Lipinski definition) is 0. The molecule has 1 fully saturated rings. The van der Waals surface area contributed by atoms with Crippen LogP contribution < -0.4 is 0 Å². The van der Waals surface area contributed by atoms with Gasteiger partial charge in [-0.15, -0.1) is 22.9 Å². The van der Waals surface area contributed by atoms with Gasteiger partial charge in [-0.05, 0) is 41.3 Å². The van der Waals surface area contributed by atoms with Gasteiger partial charge in [0, 0.05) is 14.2 Å². The van der Waals surface area contributed by atoms with E-state index in [1.54, 1.807) is 0 Å². The number of rotatable bonds is 3. The lowest BCUT2D eigenvalue weighted by Crippen LogP contribution is -1.98. The van der Waals surface area contributed by atoms with Gasteiger partial charge < -0.3 is 0 Å². The van der Waals surface area contributed by atoms with E-state index >= 15 is 0 Å². The number of alkyl halides is 1. The molecule has 2 rings (SSSR count). The van der Waals surface area contributed by atoms with Gasteiger partial charge in [-0.25, -0.2) is 0 Å². The van der Waals surface area contributed by atoms with E-state index < -0.39 is 0 Å². The van der Waals surface area contributed by atoms with Gasteiger partial charge in [0.25, 0.3) is 0 Å². The SMILES string of the molecule is Cc1cc(Br)c(C(Cl)CC2CCCC2)s1. The summed E-state index contributed by atoms with van der Waals surface area (Å²) >= 11 is 11.9. The maximum absolute atomic E-state index is 6.49. The van der Waals surface area contributed by atoms with Crippen molar-refractivity contribution in [2.75, 3.05) is 0 Å². The van der Waals surface area contributed by atoms with Crippen LogP contribution in [0, 0.1) is 12.8 Å². The molecule has 1 atom stereocenters. The van der Waals surface area contributed by atoms with E-state index in [9.17, 15) is 0 Å². The molecule has 0 aliphatic heterocycles. The normalized spacial score (nSPS) is 19.7. The van der Waals surface area contributed by atoms with Crippen LogP contribution in [0.5, 0.6) is 0 Å². The number of hydrogen-bond acceptors (Lipinski definition) is 1. The van der Waals surface area contributed by atoms with Crippen molar-refractivity contribution < 1.29 is 0 Å². The van der Waals surface area contributed by atoms with Gasteiger partial charge in [-0.1, -0.05) is 25.7 Å². The zero-order valence-corrected chi connectivity index (χ0v) is 12.1. The molecule has 0 bridgehead atoms. The summed E-state index contributed by atoms with van der Waals surface area (Å²) in [7, 11) is 0. The quantitative estimate of drug-likeness (QED) is 0.630. The molecule has 0 radical (unpaired) electrons. The molecule has 15 heavy (non-hydrogen) atoms. The molecule has 0 nitrogen and oxygen atoms in total. The molecule has 1 aliphatic carbocycles. The molecule has 0 saturated heterocycles. The van der Waals surface area contributed by atoms with Gasteiger partial charge in [-0.2, -0.15) is 0 Å². The zero-order valence-electron chi connectivity index (χ0n) is 8.93. The molecular weight excluding hydrogens is 292 g/mol. The van der Waals surface area contributed by atoms with Crippen molar-refractivity contribution in [2.24, 2.45) is 5.92 Å². The van der Waals surface area contributed by atoms with Gasteiger partial charge in [-0.3, -0.25) is 0 Å². The van der Waals surface area contributed by atoms with E-state index in [4.69, 9.17) is 11.6 Å². The highest BCUT2D eigenvalue weighted by Gasteiger charge is 2.22. The Bertz CT molecular complexity index is 328. The van der Waals surface area contributed by atoms with Gasteiger partial charge in [0.15, 0.2) is 0 Å². The molecule has 84 valence electrons. The lowest BCUT2D eigenvalue weighted by molar-refractivity contribution is 0.497. The van der Waals surface area contributed by atoms with Crippen molar-refractivity contribution in [1.82, 2.24) is 0 Å². The fourth-order valence-electron chi connectivity index (χ4n) is 2.36. The fourth-order valence-corrected chi connectivity index (χ4v) is 4.91. The van der Waals surface area contributed by atoms with E-state index in [0.29, 0.717) is 0 Å². The lowest BCUT2D eigenvalue weighted by Gasteiger charge is -2.13. The first-order chi connectivity index (χ1) is 7.16. The van der Waals surface area contributed by atoms with Crippen LogP contribution in [-0.2, 0) is 0 Å². The first-order valence-corrected chi connectivity index (χ1v) is 7.61. The lowest BCUT2D eigenvalue weighted by atomic mass is 10.0. The minimum Gasteiger partial charge on any atom is -0.143 e. The van der Waals surface area contributed by atoms with E-state index in [2.05, 4.69) is 28.9 Å². The maximum atomic E-state index is 6.49. The smallest absolute Gasteiger partial charge is 0.0692 e. The second-order valence-electron chi connectivity index (χ2n) is 4.42. The van der Waals surface area contributed by atoms with Crippen LogP contribution in [-0.4, -0.2) is 0 Å². The number of thiophene rings is 1. The van der Waals surface area contributed by atoms with E-state index in [1.807, 2.05) is 11.3 Å². The molecule has 3 heteroatoms. The molecule has 1 heterocycles.